The van der Waals surface area contributed by atoms with Crippen LogP contribution in [0, 0.1) is 0 Å². The number of hydrogen-bond donors (Lipinski definition) is 0. The molecule has 5 nitrogen and oxygen atoms in total. The van der Waals surface area contributed by atoms with E-state index >= 15 is 0 Å². The van der Waals surface area contributed by atoms with Crippen molar-refractivity contribution in [1.29, 1.82) is 0 Å². The maximum atomic E-state index is 10.5. The highest BCUT2D eigenvalue weighted by molar-refractivity contribution is 5.70. The van der Waals surface area contributed by atoms with E-state index in [0.717, 1.165) is 0 Å². The smallest absolute Gasteiger partial charge is 0.331 e. The van der Waals surface area contributed by atoms with E-state index in [1.807, 2.05) is 0 Å². The normalized spacial score (nSPS) is 9.42. The van der Waals surface area contributed by atoms with Gasteiger partial charge in [-0.3, -0.25) is 0 Å². The molecule has 0 unspecified atom stereocenters. The summed E-state index contributed by atoms with van der Waals surface area (Å²) in [5, 5.41) is 0. The SMILES string of the molecule is COC(=O)COCCOCC=O. The molecule has 0 aromatic rings. The fourth-order valence-corrected chi connectivity index (χ4v) is 0.464. The van der Waals surface area contributed by atoms with Crippen LogP contribution in [0.25, 0.3) is 0 Å². The highest BCUT2D eigenvalue weighted by atomic mass is 16.6. The summed E-state index contributed by atoms with van der Waals surface area (Å²) in [5.74, 6) is -0.426. The zero-order chi connectivity index (χ0) is 9.23. The van der Waals surface area contributed by atoms with Crippen LogP contribution in [-0.2, 0) is 23.8 Å². The van der Waals surface area contributed by atoms with Crippen LogP contribution in [0.15, 0.2) is 0 Å². The Balaban J connectivity index is 3.00. The Morgan fingerprint density at radius 2 is 2.00 bits per heavy atom. The van der Waals surface area contributed by atoms with E-state index in [2.05, 4.69) is 4.74 Å². The number of rotatable bonds is 7. The van der Waals surface area contributed by atoms with Crippen molar-refractivity contribution < 1.29 is 23.8 Å². The van der Waals surface area contributed by atoms with Crippen LogP contribution in [0.3, 0.4) is 0 Å². The molecule has 0 amide bonds. The van der Waals surface area contributed by atoms with E-state index in [1.54, 1.807) is 0 Å². The number of carbonyl (C=O) groups excluding carboxylic acids is 2. The lowest BCUT2D eigenvalue weighted by Crippen LogP contribution is -2.13. The highest BCUT2D eigenvalue weighted by Crippen LogP contribution is 1.79. The molecule has 0 fully saturated rings. The molecule has 0 aromatic heterocycles. The molecule has 0 spiro atoms. The van der Waals surface area contributed by atoms with Gasteiger partial charge in [0.2, 0.25) is 0 Å². The molecule has 5 heteroatoms. The quantitative estimate of drug-likeness (QED) is 0.294. The predicted octanol–water partition coefficient (Wildman–Crippen LogP) is -0.609. The number of hydrogen-bond acceptors (Lipinski definition) is 5. The van der Waals surface area contributed by atoms with Crippen molar-refractivity contribution in [1.82, 2.24) is 0 Å². The molecule has 0 N–H and O–H groups in total. The third-order valence-electron chi connectivity index (χ3n) is 1.01. The lowest BCUT2D eigenvalue weighted by atomic mass is 10.7. The molecule has 12 heavy (non-hydrogen) atoms. The van der Waals surface area contributed by atoms with Crippen LogP contribution in [0.2, 0.25) is 0 Å². The van der Waals surface area contributed by atoms with Crippen LogP contribution in [0.5, 0.6) is 0 Å². The molecule has 0 bridgehead atoms. The zero-order valence-corrected chi connectivity index (χ0v) is 6.95. The van der Waals surface area contributed by atoms with Crippen LogP contribution in [0.4, 0.5) is 0 Å². The maximum Gasteiger partial charge on any atom is 0.331 e. The van der Waals surface area contributed by atoms with Gasteiger partial charge in [0, 0.05) is 0 Å². The number of ether oxygens (including phenoxy) is 3. The Hall–Kier alpha value is -0.940. The fourth-order valence-electron chi connectivity index (χ4n) is 0.464. The molecule has 0 rings (SSSR count). The van der Waals surface area contributed by atoms with Gasteiger partial charge >= 0.3 is 5.97 Å². The molecular weight excluding hydrogens is 164 g/mol. The van der Waals surface area contributed by atoms with E-state index in [-0.39, 0.29) is 19.8 Å². The van der Waals surface area contributed by atoms with E-state index < -0.39 is 5.97 Å². The molecule has 0 saturated carbocycles. The van der Waals surface area contributed by atoms with Gasteiger partial charge in [-0.05, 0) is 0 Å². The van der Waals surface area contributed by atoms with Crippen LogP contribution in [-0.4, -0.2) is 45.8 Å². The largest absolute Gasteiger partial charge is 0.467 e. The van der Waals surface area contributed by atoms with E-state index in [9.17, 15) is 9.59 Å². The minimum absolute atomic E-state index is 0.0571. The number of carbonyl (C=O) groups is 2. The van der Waals surface area contributed by atoms with Gasteiger partial charge in [0.1, 0.15) is 19.5 Å². The summed E-state index contributed by atoms with van der Waals surface area (Å²) in [5.41, 5.74) is 0. The lowest BCUT2D eigenvalue weighted by Gasteiger charge is -2.01. The third-order valence-corrected chi connectivity index (χ3v) is 1.01. The van der Waals surface area contributed by atoms with Crippen molar-refractivity contribution in [2.75, 3.05) is 33.5 Å². The van der Waals surface area contributed by atoms with Crippen LogP contribution < -0.4 is 0 Å². The van der Waals surface area contributed by atoms with Crippen molar-refractivity contribution in [3.05, 3.63) is 0 Å². The molecule has 0 aliphatic heterocycles. The molecule has 0 aliphatic rings. The highest BCUT2D eigenvalue weighted by Gasteiger charge is 1.98. The van der Waals surface area contributed by atoms with Gasteiger partial charge in [-0.15, -0.1) is 0 Å². The molecule has 0 aliphatic carbocycles. The van der Waals surface area contributed by atoms with Gasteiger partial charge in [-0.2, -0.15) is 0 Å². The van der Waals surface area contributed by atoms with E-state index in [4.69, 9.17) is 9.47 Å². The first-order chi connectivity index (χ1) is 5.81. The Morgan fingerprint density at radius 3 is 2.58 bits per heavy atom. The fraction of sp³-hybridized carbons (Fsp3) is 0.714. The molecule has 0 saturated heterocycles. The van der Waals surface area contributed by atoms with Crippen molar-refractivity contribution in [2.24, 2.45) is 0 Å². The second-order valence-electron chi connectivity index (χ2n) is 1.87. The summed E-state index contributed by atoms with van der Waals surface area (Å²) < 4.78 is 13.9. The number of methoxy groups -OCH3 is 1. The predicted molar refractivity (Wildman–Crippen MR) is 39.7 cm³/mol. The first kappa shape index (κ1) is 11.1. The minimum atomic E-state index is -0.426. The Kier molecular flexibility index (Phi) is 7.52. The second kappa shape index (κ2) is 8.16. The summed E-state index contributed by atoms with van der Waals surface area (Å²) in [6.45, 7) is 0.557. The first-order valence-corrected chi connectivity index (χ1v) is 3.47. The second-order valence-corrected chi connectivity index (χ2v) is 1.87. The number of aldehydes is 1. The van der Waals surface area contributed by atoms with Gasteiger partial charge in [0.25, 0.3) is 0 Å². The van der Waals surface area contributed by atoms with Gasteiger partial charge in [-0.1, -0.05) is 0 Å². The first-order valence-electron chi connectivity index (χ1n) is 3.47. The molecule has 70 valence electrons. The summed E-state index contributed by atoms with van der Waals surface area (Å²) in [6, 6.07) is 0. The summed E-state index contributed by atoms with van der Waals surface area (Å²) in [7, 11) is 1.29. The van der Waals surface area contributed by atoms with E-state index in [1.165, 1.54) is 7.11 Å². The van der Waals surface area contributed by atoms with Crippen molar-refractivity contribution >= 4 is 12.3 Å². The van der Waals surface area contributed by atoms with E-state index in [0.29, 0.717) is 12.9 Å². The molecule has 0 radical (unpaired) electrons. The van der Waals surface area contributed by atoms with Gasteiger partial charge in [0.05, 0.1) is 20.3 Å². The maximum absolute atomic E-state index is 10.5. The minimum Gasteiger partial charge on any atom is -0.467 e. The average Bonchev–Trinajstić information content (AvgIpc) is 2.10. The van der Waals surface area contributed by atoms with Crippen LogP contribution >= 0.6 is 0 Å². The molecule has 0 atom stereocenters. The lowest BCUT2D eigenvalue weighted by molar-refractivity contribution is -0.146. The molecule has 0 heterocycles. The topological polar surface area (TPSA) is 61.8 Å². The summed E-state index contributed by atoms with van der Waals surface area (Å²) in [6.07, 6.45) is 0.653. The third kappa shape index (κ3) is 7.17. The standard InChI is InChI=1S/C7H12O5/c1-10-7(9)6-12-5-4-11-3-2-8/h2H,3-6H2,1H3. The summed E-state index contributed by atoms with van der Waals surface area (Å²) in [4.78, 5) is 20.2. The Morgan fingerprint density at radius 1 is 1.33 bits per heavy atom. The van der Waals surface area contributed by atoms with Gasteiger partial charge in [-0.25, -0.2) is 4.79 Å². The summed E-state index contributed by atoms with van der Waals surface area (Å²) >= 11 is 0. The monoisotopic (exact) mass is 176 g/mol. The van der Waals surface area contributed by atoms with Gasteiger partial charge < -0.3 is 19.0 Å². The Labute approximate surface area is 70.6 Å². The molecule has 0 aromatic carbocycles. The number of esters is 1. The van der Waals surface area contributed by atoms with Crippen molar-refractivity contribution in [3.8, 4) is 0 Å². The molecular formula is C7H12O5. The van der Waals surface area contributed by atoms with Crippen LogP contribution in [0.1, 0.15) is 0 Å². The Bertz CT molecular complexity index is 134. The average molecular weight is 176 g/mol. The van der Waals surface area contributed by atoms with Crippen molar-refractivity contribution in [3.63, 3.8) is 0 Å². The zero-order valence-electron chi connectivity index (χ0n) is 6.95. The van der Waals surface area contributed by atoms with Gasteiger partial charge in [0.15, 0.2) is 0 Å². The van der Waals surface area contributed by atoms with Crippen molar-refractivity contribution in [2.45, 2.75) is 0 Å².